The van der Waals surface area contributed by atoms with Crippen molar-refractivity contribution in [3.63, 3.8) is 0 Å². The zero-order valence-corrected chi connectivity index (χ0v) is 11.3. The van der Waals surface area contributed by atoms with E-state index in [1.165, 1.54) is 49.3 Å². The van der Waals surface area contributed by atoms with Gasteiger partial charge >= 0.3 is 0 Å². The summed E-state index contributed by atoms with van der Waals surface area (Å²) in [5, 5.41) is 3.22. The van der Waals surface area contributed by atoms with Crippen molar-refractivity contribution in [2.45, 2.75) is 64.3 Å². The van der Waals surface area contributed by atoms with Crippen LogP contribution in [0.2, 0.25) is 0 Å². The van der Waals surface area contributed by atoms with Gasteiger partial charge in [0.1, 0.15) is 5.82 Å². The molecule has 1 aromatic heterocycles. The molecule has 2 N–H and O–H groups in total. The minimum atomic E-state index is 0.506. The first-order valence-electron chi connectivity index (χ1n) is 6.95. The monoisotopic (exact) mass is 235 g/mol. The van der Waals surface area contributed by atoms with Crippen LogP contribution in [0.3, 0.4) is 0 Å². The molecule has 0 unspecified atom stereocenters. The van der Waals surface area contributed by atoms with Crippen LogP contribution in [0.4, 0.5) is 0 Å². The molecule has 1 heterocycles. The lowest BCUT2D eigenvalue weighted by Crippen LogP contribution is -2.09. The third-order valence-corrected chi connectivity index (χ3v) is 3.72. The van der Waals surface area contributed by atoms with E-state index in [0.717, 1.165) is 6.54 Å². The molecule has 0 spiro atoms. The minimum absolute atomic E-state index is 0.506. The van der Waals surface area contributed by atoms with Crippen molar-refractivity contribution >= 4 is 0 Å². The van der Waals surface area contributed by atoms with E-state index in [1.807, 2.05) is 7.05 Å². The average Bonchev–Trinajstić information content (AvgIpc) is 2.75. The summed E-state index contributed by atoms with van der Waals surface area (Å²) >= 11 is 0. The second-order valence-corrected chi connectivity index (χ2v) is 5.51. The lowest BCUT2D eigenvalue weighted by Gasteiger charge is -2.19. The van der Waals surface area contributed by atoms with E-state index in [-0.39, 0.29) is 0 Å². The van der Waals surface area contributed by atoms with Crippen LogP contribution >= 0.6 is 0 Å². The Bertz CT molecular complexity index is 348. The number of aromatic amines is 1. The average molecular weight is 235 g/mol. The predicted molar refractivity (Wildman–Crippen MR) is 71.3 cm³/mol. The van der Waals surface area contributed by atoms with E-state index in [1.54, 1.807) is 0 Å². The quantitative estimate of drug-likeness (QED) is 0.840. The van der Waals surface area contributed by atoms with Gasteiger partial charge in [-0.15, -0.1) is 0 Å². The van der Waals surface area contributed by atoms with Gasteiger partial charge in [0, 0.05) is 12.5 Å². The smallest absolute Gasteiger partial charge is 0.109 e. The van der Waals surface area contributed by atoms with Gasteiger partial charge in [-0.25, -0.2) is 4.98 Å². The third kappa shape index (κ3) is 2.89. The number of rotatable bonds is 4. The number of hydrogen-bond donors (Lipinski definition) is 2. The highest BCUT2D eigenvalue weighted by Gasteiger charge is 2.21. The Morgan fingerprint density at radius 2 is 2.00 bits per heavy atom. The zero-order valence-electron chi connectivity index (χ0n) is 11.3. The normalized spacial score (nSPS) is 17.9. The molecule has 1 saturated carbocycles. The Hall–Kier alpha value is -0.830. The van der Waals surface area contributed by atoms with Crippen LogP contribution in [0.5, 0.6) is 0 Å². The number of H-pyrrole nitrogens is 1. The van der Waals surface area contributed by atoms with Gasteiger partial charge in [-0.1, -0.05) is 33.1 Å². The van der Waals surface area contributed by atoms with Crippen LogP contribution in [-0.2, 0) is 6.54 Å². The molecule has 3 nitrogen and oxygen atoms in total. The van der Waals surface area contributed by atoms with E-state index < -0.39 is 0 Å². The van der Waals surface area contributed by atoms with E-state index in [4.69, 9.17) is 4.98 Å². The Morgan fingerprint density at radius 1 is 1.29 bits per heavy atom. The maximum absolute atomic E-state index is 4.86. The van der Waals surface area contributed by atoms with Crippen molar-refractivity contribution in [3.05, 3.63) is 17.2 Å². The summed E-state index contributed by atoms with van der Waals surface area (Å²) in [6, 6.07) is 0. The Labute approximate surface area is 104 Å². The summed E-state index contributed by atoms with van der Waals surface area (Å²) in [6.07, 6.45) is 6.75. The molecule has 17 heavy (non-hydrogen) atoms. The van der Waals surface area contributed by atoms with Crippen LogP contribution in [0.1, 0.15) is 75.0 Å². The van der Waals surface area contributed by atoms with Crippen LogP contribution in [0.25, 0.3) is 0 Å². The first kappa shape index (κ1) is 12.6. The van der Waals surface area contributed by atoms with Crippen molar-refractivity contribution in [3.8, 4) is 0 Å². The lowest BCUT2D eigenvalue weighted by atomic mass is 9.89. The maximum atomic E-state index is 4.86. The Kier molecular flexibility index (Phi) is 4.21. The van der Waals surface area contributed by atoms with Gasteiger partial charge in [0.05, 0.1) is 11.4 Å². The fraction of sp³-hybridized carbons (Fsp3) is 0.786. The first-order valence-corrected chi connectivity index (χ1v) is 6.95. The van der Waals surface area contributed by atoms with E-state index in [9.17, 15) is 0 Å². The Morgan fingerprint density at radius 3 is 2.59 bits per heavy atom. The second kappa shape index (κ2) is 5.67. The predicted octanol–water partition coefficient (Wildman–Crippen LogP) is 3.30. The third-order valence-electron chi connectivity index (χ3n) is 3.72. The molecular formula is C14H25N3. The summed E-state index contributed by atoms with van der Waals surface area (Å²) < 4.78 is 0. The van der Waals surface area contributed by atoms with Gasteiger partial charge in [0.15, 0.2) is 0 Å². The van der Waals surface area contributed by atoms with Crippen molar-refractivity contribution in [1.29, 1.82) is 0 Å². The standard InChI is InChI=1S/C14H25N3/c1-10(2)13-12(9-15-3)16-14(17-13)11-7-5-4-6-8-11/h10-11,15H,4-9H2,1-3H3,(H,16,17). The highest BCUT2D eigenvalue weighted by molar-refractivity contribution is 5.20. The molecule has 2 rings (SSSR count). The van der Waals surface area contributed by atoms with Crippen LogP contribution in [0, 0.1) is 0 Å². The number of nitrogens with zero attached hydrogens (tertiary/aromatic N) is 1. The van der Waals surface area contributed by atoms with Crippen molar-refractivity contribution in [2.75, 3.05) is 7.05 Å². The maximum Gasteiger partial charge on any atom is 0.109 e. The molecule has 1 aliphatic carbocycles. The fourth-order valence-corrected chi connectivity index (χ4v) is 2.80. The molecule has 1 aromatic rings. The van der Waals surface area contributed by atoms with Gasteiger partial charge in [-0.05, 0) is 25.8 Å². The largest absolute Gasteiger partial charge is 0.344 e. The SMILES string of the molecule is CNCc1[nH]c(C2CCCCC2)nc1C(C)C. The van der Waals surface area contributed by atoms with Crippen LogP contribution < -0.4 is 5.32 Å². The molecule has 1 aliphatic rings. The number of nitrogens with one attached hydrogen (secondary N) is 2. The van der Waals surface area contributed by atoms with Crippen molar-refractivity contribution < 1.29 is 0 Å². The summed E-state index contributed by atoms with van der Waals surface area (Å²) in [5.74, 6) is 2.41. The summed E-state index contributed by atoms with van der Waals surface area (Å²) in [4.78, 5) is 8.42. The second-order valence-electron chi connectivity index (χ2n) is 5.51. The zero-order chi connectivity index (χ0) is 12.3. The highest BCUT2D eigenvalue weighted by atomic mass is 15.0. The van der Waals surface area contributed by atoms with Gasteiger partial charge in [0.2, 0.25) is 0 Å². The first-order chi connectivity index (χ1) is 8.22. The van der Waals surface area contributed by atoms with E-state index >= 15 is 0 Å². The molecule has 0 aliphatic heterocycles. The molecule has 0 saturated heterocycles. The van der Waals surface area contributed by atoms with E-state index in [0.29, 0.717) is 11.8 Å². The van der Waals surface area contributed by atoms with Gasteiger partial charge in [-0.2, -0.15) is 0 Å². The number of imidazole rings is 1. The molecule has 0 atom stereocenters. The van der Waals surface area contributed by atoms with Crippen molar-refractivity contribution in [1.82, 2.24) is 15.3 Å². The van der Waals surface area contributed by atoms with Gasteiger partial charge in [0.25, 0.3) is 0 Å². The minimum Gasteiger partial charge on any atom is -0.344 e. The molecular weight excluding hydrogens is 210 g/mol. The molecule has 0 bridgehead atoms. The van der Waals surface area contributed by atoms with Crippen LogP contribution in [-0.4, -0.2) is 17.0 Å². The van der Waals surface area contributed by atoms with E-state index in [2.05, 4.69) is 24.1 Å². The number of hydrogen-bond acceptors (Lipinski definition) is 2. The summed E-state index contributed by atoms with van der Waals surface area (Å²) in [6.45, 7) is 5.34. The van der Waals surface area contributed by atoms with Crippen LogP contribution in [0.15, 0.2) is 0 Å². The van der Waals surface area contributed by atoms with Crippen molar-refractivity contribution in [2.24, 2.45) is 0 Å². The molecule has 0 amide bonds. The number of aromatic nitrogens is 2. The Balaban J connectivity index is 2.19. The molecule has 0 radical (unpaired) electrons. The highest BCUT2D eigenvalue weighted by Crippen LogP contribution is 2.32. The lowest BCUT2D eigenvalue weighted by molar-refractivity contribution is 0.430. The fourth-order valence-electron chi connectivity index (χ4n) is 2.80. The molecule has 3 heteroatoms. The summed E-state index contributed by atoms with van der Waals surface area (Å²) in [5.41, 5.74) is 2.53. The molecule has 1 fully saturated rings. The van der Waals surface area contributed by atoms with Gasteiger partial charge < -0.3 is 10.3 Å². The molecule has 96 valence electrons. The molecule has 0 aromatic carbocycles. The summed E-state index contributed by atoms with van der Waals surface area (Å²) in [7, 11) is 1.99. The topological polar surface area (TPSA) is 40.7 Å². The van der Waals surface area contributed by atoms with Gasteiger partial charge in [-0.3, -0.25) is 0 Å².